The Bertz CT molecular complexity index is 800. The quantitative estimate of drug-likeness (QED) is 0.784. The minimum Gasteiger partial charge on any atom is -0.497 e. The van der Waals surface area contributed by atoms with E-state index >= 15 is 0 Å². The topological polar surface area (TPSA) is 101 Å². The highest BCUT2D eigenvalue weighted by Crippen LogP contribution is 2.21. The molecule has 2 heterocycles. The van der Waals surface area contributed by atoms with Crippen molar-refractivity contribution in [1.29, 1.82) is 5.26 Å². The normalized spacial score (nSPS) is 10.3. The maximum atomic E-state index is 8.94. The SMILES string of the molecule is COc1cccc(Cc2noc(-c3cn[nH]c3C#N)n2)c1. The predicted molar refractivity (Wildman–Crippen MR) is 72.4 cm³/mol. The third-order valence-electron chi connectivity index (χ3n) is 2.95. The minimum atomic E-state index is 0.276. The highest BCUT2D eigenvalue weighted by molar-refractivity contribution is 5.59. The van der Waals surface area contributed by atoms with Crippen LogP contribution in [0.3, 0.4) is 0 Å². The van der Waals surface area contributed by atoms with Crippen molar-refractivity contribution in [3.63, 3.8) is 0 Å². The number of ether oxygens (including phenoxy) is 1. The monoisotopic (exact) mass is 281 g/mol. The lowest BCUT2D eigenvalue weighted by Crippen LogP contribution is -1.92. The molecule has 104 valence electrons. The summed E-state index contributed by atoms with van der Waals surface area (Å²) in [6, 6.07) is 9.63. The molecule has 1 N–H and O–H groups in total. The van der Waals surface area contributed by atoms with Crippen LogP contribution in [0.4, 0.5) is 0 Å². The Labute approximate surface area is 120 Å². The number of hydrogen-bond acceptors (Lipinski definition) is 6. The Kier molecular flexibility index (Phi) is 3.35. The molecule has 3 rings (SSSR count). The second-order valence-corrected chi connectivity index (χ2v) is 4.31. The fraction of sp³-hybridized carbons (Fsp3) is 0.143. The first-order chi connectivity index (χ1) is 10.3. The molecule has 0 radical (unpaired) electrons. The van der Waals surface area contributed by atoms with Crippen LogP contribution in [0.25, 0.3) is 11.5 Å². The van der Waals surface area contributed by atoms with Crippen molar-refractivity contribution >= 4 is 0 Å². The van der Waals surface area contributed by atoms with Gasteiger partial charge in [0.25, 0.3) is 5.89 Å². The average Bonchev–Trinajstić information content (AvgIpc) is 3.15. The zero-order valence-electron chi connectivity index (χ0n) is 11.2. The Morgan fingerprint density at radius 3 is 3.14 bits per heavy atom. The van der Waals surface area contributed by atoms with Gasteiger partial charge in [0.05, 0.1) is 18.9 Å². The summed E-state index contributed by atoms with van der Waals surface area (Å²) in [5.41, 5.74) is 1.81. The molecule has 0 aliphatic rings. The molecule has 0 atom stereocenters. The highest BCUT2D eigenvalue weighted by atomic mass is 16.5. The summed E-state index contributed by atoms with van der Waals surface area (Å²) < 4.78 is 10.4. The van der Waals surface area contributed by atoms with Crippen molar-refractivity contribution < 1.29 is 9.26 Å². The summed E-state index contributed by atoms with van der Waals surface area (Å²) in [7, 11) is 1.62. The number of nitrogens with one attached hydrogen (secondary N) is 1. The molecule has 0 unspecified atom stereocenters. The van der Waals surface area contributed by atoms with E-state index in [4.69, 9.17) is 14.5 Å². The maximum absolute atomic E-state index is 8.94. The Morgan fingerprint density at radius 1 is 1.43 bits per heavy atom. The van der Waals surface area contributed by atoms with Crippen molar-refractivity contribution in [3.05, 3.63) is 47.5 Å². The molecule has 3 aromatic rings. The van der Waals surface area contributed by atoms with Crippen LogP contribution in [0, 0.1) is 11.3 Å². The first-order valence-corrected chi connectivity index (χ1v) is 6.19. The summed E-state index contributed by atoms with van der Waals surface area (Å²) in [6.45, 7) is 0. The van der Waals surface area contributed by atoms with Crippen molar-refractivity contribution in [2.75, 3.05) is 7.11 Å². The van der Waals surface area contributed by atoms with Crippen molar-refractivity contribution in [3.8, 4) is 23.3 Å². The summed E-state index contributed by atoms with van der Waals surface area (Å²) in [5, 5.41) is 19.2. The lowest BCUT2D eigenvalue weighted by molar-refractivity contribution is 0.414. The second kappa shape index (κ2) is 5.46. The van der Waals surface area contributed by atoms with Gasteiger partial charge in [0.2, 0.25) is 0 Å². The third kappa shape index (κ3) is 2.60. The van der Waals surface area contributed by atoms with E-state index in [2.05, 4.69) is 20.3 Å². The second-order valence-electron chi connectivity index (χ2n) is 4.31. The molecule has 0 amide bonds. The smallest absolute Gasteiger partial charge is 0.262 e. The van der Waals surface area contributed by atoms with Crippen LogP contribution in [-0.2, 0) is 6.42 Å². The van der Waals surface area contributed by atoms with Crippen LogP contribution in [0.1, 0.15) is 17.1 Å². The van der Waals surface area contributed by atoms with Gasteiger partial charge in [0.1, 0.15) is 17.5 Å². The van der Waals surface area contributed by atoms with E-state index in [0.29, 0.717) is 23.5 Å². The Balaban J connectivity index is 1.84. The van der Waals surface area contributed by atoms with Crippen LogP contribution in [0.15, 0.2) is 35.0 Å². The molecule has 21 heavy (non-hydrogen) atoms. The fourth-order valence-corrected chi connectivity index (χ4v) is 1.93. The molecular weight excluding hydrogens is 270 g/mol. The molecular formula is C14H11N5O2. The maximum Gasteiger partial charge on any atom is 0.262 e. The number of nitriles is 1. The van der Waals surface area contributed by atoms with Crippen molar-refractivity contribution in [2.45, 2.75) is 6.42 Å². The van der Waals surface area contributed by atoms with E-state index in [1.54, 1.807) is 7.11 Å². The number of methoxy groups -OCH3 is 1. The molecule has 0 saturated carbocycles. The molecule has 7 nitrogen and oxygen atoms in total. The van der Waals surface area contributed by atoms with Gasteiger partial charge in [-0.25, -0.2) is 0 Å². The van der Waals surface area contributed by atoms with Gasteiger partial charge >= 0.3 is 0 Å². The van der Waals surface area contributed by atoms with E-state index in [0.717, 1.165) is 11.3 Å². The number of H-pyrrole nitrogens is 1. The van der Waals surface area contributed by atoms with Gasteiger partial charge in [0, 0.05) is 6.42 Å². The van der Waals surface area contributed by atoms with Crippen molar-refractivity contribution in [1.82, 2.24) is 20.3 Å². The summed E-state index contributed by atoms with van der Waals surface area (Å²) in [5.74, 6) is 1.58. The summed E-state index contributed by atoms with van der Waals surface area (Å²) in [4.78, 5) is 4.28. The van der Waals surface area contributed by atoms with E-state index in [9.17, 15) is 0 Å². The molecule has 0 saturated heterocycles. The molecule has 2 aromatic heterocycles. The van der Waals surface area contributed by atoms with Crippen LogP contribution in [0.2, 0.25) is 0 Å². The number of rotatable bonds is 4. The van der Waals surface area contributed by atoms with E-state index in [1.807, 2.05) is 30.3 Å². The number of nitrogens with zero attached hydrogens (tertiary/aromatic N) is 4. The van der Waals surface area contributed by atoms with Gasteiger partial charge in [-0.2, -0.15) is 15.3 Å². The van der Waals surface area contributed by atoms with Gasteiger partial charge in [0.15, 0.2) is 5.82 Å². The lowest BCUT2D eigenvalue weighted by atomic mass is 10.1. The van der Waals surface area contributed by atoms with Gasteiger partial charge in [-0.05, 0) is 17.7 Å². The fourth-order valence-electron chi connectivity index (χ4n) is 1.93. The third-order valence-corrected chi connectivity index (χ3v) is 2.95. The van der Waals surface area contributed by atoms with Crippen molar-refractivity contribution in [2.24, 2.45) is 0 Å². The van der Waals surface area contributed by atoms with Crippen LogP contribution in [-0.4, -0.2) is 27.4 Å². The van der Waals surface area contributed by atoms with E-state index in [1.165, 1.54) is 6.20 Å². The molecule has 0 spiro atoms. The molecule has 0 aliphatic heterocycles. The molecule has 0 fully saturated rings. The standard InChI is InChI=1S/C14H11N5O2/c1-20-10-4-2-3-9(5-10)6-13-17-14(21-19-13)11-8-16-18-12(11)7-15/h2-5,8H,6H2,1H3,(H,16,18). The number of benzene rings is 1. The Morgan fingerprint density at radius 2 is 2.33 bits per heavy atom. The number of hydrogen-bond donors (Lipinski definition) is 1. The summed E-state index contributed by atoms with van der Waals surface area (Å²) >= 11 is 0. The number of aromatic amines is 1. The Hall–Kier alpha value is -3.14. The van der Waals surface area contributed by atoms with E-state index in [-0.39, 0.29) is 5.89 Å². The van der Waals surface area contributed by atoms with Gasteiger partial charge < -0.3 is 9.26 Å². The van der Waals surface area contributed by atoms with E-state index < -0.39 is 0 Å². The van der Waals surface area contributed by atoms with Gasteiger partial charge in [-0.15, -0.1) is 0 Å². The molecule has 7 heteroatoms. The summed E-state index contributed by atoms with van der Waals surface area (Å²) in [6.07, 6.45) is 2.00. The molecule has 0 bridgehead atoms. The van der Waals surface area contributed by atoms with Crippen LogP contribution < -0.4 is 4.74 Å². The minimum absolute atomic E-state index is 0.276. The molecule has 1 aromatic carbocycles. The van der Waals surface area contributed by atoms with Crippen LogP contribution in [0.5, 0.6) is 5.75 Å². The zero-order chi connectivity index (χ0) is 14.7. The van der Waals surface area contributed by atoms with Crippen LogP contribution >= 0.6 is 0 Å². The van der Waals surface area contributed by atoms with Gasteiger partial charge in [-0.1, -0.05) is 17.3 Å². The lowest BCUT2D eigenvalue weighted by Gasteiger charge is -2.01. The number of aromatic nitrogens is 4. The first-order valence-electron chi connectivity index (χ1n) is 6.19. The largest absolute Gasteiger partial charge is 0.497 e. The zero-order valence-corrected chi connectivity index (χ0v) is 11.2. The first kappa shape index (κ1) is 12.9. The predicted octanol–water partition coefficient (Wildman–Crippen LogP) is 1.93. The average molecular weight is 281 g/mol. The molecule has 0 aliphatic carbocycles. The highest BCUT2D eigenvalue weighted by Gasteiger charge is 2.15. The van der Waals surface area contributed by atoms with Gasteiger partial charge in [-0.3, -0.25) is 5.10 Å².